The Morgan fingerprint density at radius 3 is 1.83 bits per heavy atom. The van der Waals surface area contributed by atoms with Crippen LogP contribution in [-0.4, -0.2) is 35.2 Å². The van der Waals surface area contributed by atoms with Crippen LogP contribution < -0.4 is 0 Å². The molecule has 1 heterocycles. The molecule has 0 N–H and O–H groups in total. The van der Waals surface area contributed by atoms with Gasteiger partial charge in [0, 0.05) is 6.42 Å². The van der Waals surface area contributed by atoms with Crippen molar-refractivity contribution in [3.8, 4) is 0 Å². The number of hydrogen-bond donors (Lipinski definition) is 0. The predicted molar refractivity (Wildman–Crippen MR) is 136 cm³/mol. The van der Waals surface area contributed by atoms with Crippen molar-refractivity contribution in [1.29, 1.82) is 0 Å². The number of rotatable bonds is 7. The molecule has 214 valence electrons. The summed E-state index contributed by atoms with van der Waals surface area (Å²) in [7, 11) is 0. The summed E-state index contributed by atoms with van der Waals surface area (Å²) >= 11 is 5.96. The van der Waals surface area contributed by atoms with Gasteiger partial charge in [-0.3, -0.25) is 4.79 Å². The molecule has 0 aromatic heterocycles. The van der Waals surface area contributed by atoms with Crippen LogP contribution in [0.4, 0.5) is 22.0 Å². The first-order valence-electron chi connectivity index (χ1n) is 12.2. The van der Waals surface area contributed by atoms with Crippen LogP contribution in [0.1, 0.15) is 46.9 Å². The lowest BCUT2D eigenvalue weighted by Crippen LogP contribution is -2.45. The van der Waals surface area contributed by atoms with Crippen LogP contribution in [0.3, 0.4) is 0 Å². The number of benzene rings is 3. The van der Waals surface area contributed by atoms with Gasteiger partial charge in [0.1, 0.15) is 22.8 Å². The van der Waals surface area contributed by atoms with Gasteiger partial charge in [0.05, 0.1) is 18.7 Å². The topological polar surface area (TPSA) is 72.9 Å². The molecule has 0 aliphatic carbocycles. The summed E-state index contributed by atoms with van der Waals surface area (Å²) in [5, 5.41) is 0. The van der Waals surface area contributed by atoms with Crippen molar-refractivity contribution in [2.24, 2.45) is 0 Å². The zero-order chi connectivity index (χ0) is 29.8. The number of alkyl halides is 1. The molecule has 4 rings (SSSR count). The van der Waals surface area contributed by atoms with E-state index in [9.17, 15) is 36.3 Å². The minimum Gasteiger partial charge on any atom is -0.462 e. The number of nitrogens with zero attached hydrogens (tertiary/aromatic N) is 1. The molecule has 12 heteroatoms. The molecule has 1 amide bonds. The average molecular weight is 594 g/mol. The van der Waals surface area contributed by atoms with Crippen molar-refractivity contribution in [3.05, 3.63) is 118 Å². The van der Waals surface area contributed by atoms with Gasteiger partial charge in [-0.15, -0.1) is 11.6 Å². The Hall–Kier alpha value is -4.25. The fourth-order valence-corrected chi connectivity index (χ4v) is 4.77. The molecule has 0 radical (unpaired) electrons. The van der Waals surface area contributed by atoms with Crippen molar-refractivity contribution in [2.75, 3.05) is 12.5 Å². The first-order chi connectivity index (χ1) is 19.6. The normalized spacial score (nSPS) is 16.9. The van der Waals surface area contributed by atoms with E-state index < -0.39 is 82.6 Å². The largest absolute Gasteiger partial charge is 0.462 e. The Kier molecular flexibility index (Phi) is 9.07. The zero-order valence-electron chi connectivity index (χ0n) is 21.3. The second-order valence-electron chi connectivity index (χ2n) is 8.77. The third-order valence-corrected chi connectivity index (χ3v) is 6.62. The average Bonchev–Trinajstić information content (AvgIpc) is 2.99. The lowest BCUT2D eigenvalue weighted by Gasteiger charge is -2.43. The van der Waals surface area contributed by atoms with Crippen LogP contribution in [0.5, 0.6) is 0 Å². The van der Waals surface area contributed by atoms with Crippen LogP contribution in [0.15, 0.2) is 72.0 Å². The molecule has 1 aliphatic rings. The Morgan fingerprint density at radius 2 is 1.32 bits per heavy atom. The molecule has 1 aliphatic heterocycles. The molecule has 3 aromatic rings. The zero-order valence-corrected chi connectivity index (χ0v) is 22.1. The third kappa shape index (κ3) is 5.67. The molecule has 6 nitrogen and oxygen atoms in total. The molecule has 0 bridgehead atoms. The van der Waals surface area contributed by atoms with Gasteiger partial charge in [0.25, 0.3) is 0 Å². The number of halogens is 6. The highest BCUT2D eigenvalue weighted by molar-refractivity contribution is 6.27. The lowest BCUT2D eigenvalue weighted by molar-refractivity contribution is -0.142. The van der Waals surface area contributed by atoms with Crippen molar-refractivity contribution in [2.45, 2.75) is 25.4 Å². The van der Waals surface area contributed by atoms with Crippen molar-refractivity contribution < 1.29 is 45.8 Å². The monoisotopic (exact) mass is 593 g/mol. The van der Waals surface area contributed by atoms with Crippen LogP contribution in [0, 0.1) is 29.1 Å². The maximum atomic E-state index is 14.5. The number of esters is 2. The highest BCUT2D eigenvalue weighted by atomic mass is 35.5. The summed E-state index contributed by atoms with van der Waals surface area (Å²) in [6.07, 6.45) is -0.411. The first kappa shape index (κ1) is 29.7. The summed E-state index contributed by atoms with van der Waals surface area (Å²) in [4.78, 5) is 41.0. The van der Waals surface area contributed by atoms with Gasteiger partial charge in [0.2, 0.25) is 11.7 Å². The Balaban J connectivity index is 1.97. The van der Waals surface area contributed by atoms with E-state index in [0.717, 1.165) is 0 Å². The second kappa shape index (κ2) is 12.5. The van der Waals surface area contributed by atoms with E-state index in [-0.39, 0.29) is 12.2 Å². The standard InChI is InChI=1S/C29H21ClF5NO5/c1-2-40-28(38)20-18(41-29(39)21-22(31)24(33)26(35)25(34)23(21)32)13-17(15-9-5-3-6-10-15)36(19(37)14-30)27(20)16-11-7-4-8-12-16/h3-12,17,27H,2,13-14H2,1H3. The summed E-state index contributed by atoms with van der Waals surface area (Å²) in [5.41, 5.74) is -1.36. The van der Waals surface area contributed by atoms with E-state index in [1.165, 1.54) is 11.8 Å². The maximum Gasteiger partial charge on any atom is 0.349 e. The highest BCUT2D eigenvalue weighted by Gasteiger charge is 2.45. The van der Waals surface area contributed by atoms with Gasteiger partial charge in [-0.25, -0.2) is 31.5 Å². The quantitative estimate of drug-likeness (QED) is 0.106. The lowest BCUT2D eigenvalue weighted by atomic mass is 9.85. The van der Waals surface area contributed by atoms with Crippen molar-refractivity contribution in [1.82, 2.24) is 4.90 Å². The Bertz CT molecular complexity index is 1490. The van der Waals surface area contributed by atoms with Gasteiger partial charge in [-0.1, -0.05) is 60.7 Å². The number of ether oxygens (including phenoxy) is 2. The molecular formula is C29H21ClF5NO5. The minimum atomic E-state index is -2.45. The van der Waals surface area contributed by atoms with E-state index in [0.29, 0.717) is 11.1 Å². The van der Waals surface area contributed by atoms with Crippen molar-refractivity contribution >= 4 is 29.4 Å². The van der Waals surface area contributed by atoms with Crippen LogP contribution in [0.25, 0.3) is 0 Å². The van der Waals surface area contributed by atoms with Crippen LogP contribution in [0.2, 0.25) is 0 Å². The molecular weight excluding hydrogens is 573 g/mol. The first-order valence-corrected chi connectivity index (χ1v) is 12.8. The summed E-state index contributed by atoms with van der Waals surface area (Å²) in [6, 6.07) is 14.2. The Morgan fingerprint density at radius 1 is 0.805 bits per heavy atom. The van der Waals surface area contributed by atoms with E-state index in [1.807, 2.05) is 0 Å². The number of carbonyl (C=O) groups excluding carboxylic acids is 3. The molecule has 2 atom stereocenters. The van der Waals surface area contributed by atoms with E-state index in [2.05, 4.69) is 0 Å². The smallest absolute Gasteiger partial charge is 0.349 e. The van der Waals surface area contributed by atoms with Gasteiger partial charge >= 0.3 is 11.9 Å². The molecule has 3 aromatic carbocycles. The van der Waals surface area contributed by atoms with Gasteiger partial charge in [-0.2, -0.15) is 0 Å². The molecule has 41 heavy (non-hydrogen) atoms. The van der Waals surface area contributed by atoms with Crippen LogP contribution in [-0.2, 0) is 19.1 Å². The summed E-state index contributed by atoms with van der Waals surface area (Å²) < 4.78 is 80.8. The van der Waals surface area contributed by atoms with Crippen molar-refractivity contribution in [3.63, 3.8) is 0 Å². The van der Waals surface area contributed by atoms with E-state index in [4.69, 9.17) is 21.1 Å². The Labute approximate surface area is 235 Å². The summed E-state index contributed by atoms with van der Waals surface area (Å²) in [6.45, 7) is 1.35. The molecule has 0 saturated heterocycles. The molecule has 0 saturated carbocycles. The highest BCUT2D eigenvalue weighted by Crippen LogP contribution is 2.46. The van der Waals surface area contributed by atoms with E-state index >= 15 is 0 Å². The second-order valence-corrected chi connectivity index (χ2v) is 9.04. The van der Waals surface area contributed by atoms with E-state index in [1.54, 1.807) is 60.7 Å². The number of hydrogen-bond acceptors (Lipinski definition) is 5. The van der Waals surface area contributed by atoms with Gasteiger partial charge < -0.3 is 14.4 Å². The van der Waals surface area contributed by atoms with Gasteiger partial charge in [-0.05, 0) is 18.1 Å². The SMILES string of the molecule is CCOC(=O)C1=C(OC(=O)c2c(F)c(F)c(F)c(F)c2F)CC(c2ccccc2)N(C(=O)CCl)C1c1ccccc1. The molecule has 2 unspecified atom stereocenters. The fourth-order valence-electron chi connectivity index (χ4n) is 4.64. The fraction of sp³-hybridized carbons (Fsp3) is 0.207. The number of amides is 1. The number of carbonyl (C=O) groups is 3. The summed E-state index contributed by atoms with van der Waals surface area (Å²) in [5.74, 6) is -16.5. The maximum absolute atomic E-state index is 14.5. The van der Waals surface area contributed by atoms with Gasteiger partial charge in [0.15, 0.2) is 23.3 Å². The molecule has 0 fully saturated rings. The third-order valence-electron chi connectivity index (χ3n) is 6.39. The van der Waals surface area contributed by atoms with Crippen LogP contribution >= 0.6 is 11.6 Å². The predicted octanol–water partition coefficient (Wildman–Crippen LogP) is 6.31. The molecule has 0 spiro atoms. The minimum absolute atomic E-state index is 0.145.